The number of hydrogen-bond donors (Lipinski definition) is 2. The number of nitrogens with zero attached hydrogens (tertiary/aromatic N) is 2. The lowest BCUT2D eigenvalue weighted by molar-refractivity contribution is 0.252. The van der Waals surface area contributed by atoms with Crippen LogP contribution in [0.15, 0.2) is 35.1 Å². The summed E-state index contributed by atoms with van der Waals surface area (Å²) >= 11 is 0. The summed E-state index contributed by atoms with van der Waals surface area (Å²) in [4.78, 5) is 11.3. The van der Waals surface area contributed by atoms with Crippen LogP contribution in [0, 0.1) is 0 Å². The Labute approximate surface area is 98.0 Å². The molecule has 88 valence electrons. The van der Waals surface area contributed by atoms with Gasteiger partial charge in [0.25, 0.3) is 0 Å². The van der Waals surface area contributed by atoms with Gasteiger partial charge in [0, 0.05) is 17.8 Å². The van der Waals surface area contributed by atoms with Crippen LogP contribution >= 0.6 is 0 Å². The highest BCUT2D eigenvalue weighted by Gasteiger charge is 2.05. The van der Waals surface area contributed by atoms with Gasteiger partial charge in [-0.15, -0.1) is 10.2 Å². The standard InChI is InChI=1S/C11H12N4O2/c1-2-12-11(16)14-9-5-3-4-8(6-9)10-15-13-7-17-10/h3-7H,2H2,1H3,(H2,12,14,16). The average molecular weight is 232 g/mol. The molecule has 0 fully saturated rings. The van der Waals surface area contributed by atoms with Gasteiger partial charge >= 0.3 is 6.03 Å². The number of nitrogens with one attached hydrogen (secondary N) is 2. The van der Waals surface area contributed by atoms with Crippen molar-refractivity contribution in [2.75, 3.05) is 11.9 Å². The van der Waals surface area contributed by atoms with Crippen LogP contribution in [0.1, 0.15) is 6.92 Å². The van der Waals surface area contributed by atoms with Crippen LogP contribution < -0.4 is 10.6 Å². The molecule has 0 radical (unpaired) electrons. The smallest absolute Gasteiger partial charge is 0.319 e. The lowest BCUT2D eigenvalue weighted by Crippen LogP contribution is -2.28. The lowest BCUT2D eigenvalue weighted by atomic mass is 10.2. The molecule has 0 aliphatic carbocycles. The maximum Gasteiger partial charge on any atom is 0.319 e. The van der Waals surface area contributed by atoms with E-state index in [4.69, 9.17) is 4.42 Å². The number of hydrogen-bond acceptors (Lipinski definition) is 4. The van der Waals surface area contributed by atoms with Crippen LogP contribution in [0.4, 0.5) is 10.5 Å². The molecule has 0 saturated carbocycles. The Morgan fingerprint density at radius 1 is 1.47 bits per heavy atom. The van der Waals surface area contributed by atoms with Crippen molar-refractivity contribution in [2.24, 2.45) is 0 Å². The van der Waals surface area contributed by atoms with Gasteiger partial charge in [0.05, 0.1) is 0 Å². The predicted octanol–water partition coefficient (Wildman–Crippen LogP) is 1.88. The SMILES string of the molecule is CCNC(=O)Nc1cccc(-c2nnco2)c1. The summed E-state index contributed by atoms with van der Waals surface area (Å²) in [7, 11) is 0. The van der Waals surface area contributed by atoms with Gasteiger partial charge in [-0.1, -0.05) is 6.07 Å². The molecule has 0 aliphatic heterocycles. The number of carbonyl (C=O) groups is 1. The maximum absolute atomic E-state index is 11.3. The Morgan fingerprint density at radius 2 is 2.35 bits per heavy atom. The topological polar surface area (TPSA) is 80.0 Å². The summed E-state index contributed by atoms with van der Waals surface area (Å²) < 4.78 is 5.08. The number of rotatable bonds is 3. The summed E-state index contributed by atoms with van der Waals surface area (Å²) in [5.41, 5.74) is 1.43. The molecule has 0 spiro atoms. The molecule has 1 heterocycles. The lowest BCUT2D eigenvalue weighted by Gasteiger charge is -2.06. The molecular formula is C11H12N4O2. The Kier molecular flexibility index (Phi) is 3.34. The fourth-order valence-corrected chi connectivity index (χ4v) is 1.36. The Hall–Kier alpha value is -2.37. The second-order valence-electron chi connectivity index (χ2n) is 3.31. The van der Waals surface area contributed by atoms with Crippen molar-refractivity contribution in [1.29, 1.82) is 0 Å². The van der Waals surface area contributed by atoms with Gasteiger partial charge in [-0.05, 0) is 25.1 Å². The molecule has 17 heavy (non-hydrogen) atoms. The molecular weight excluding hydrogens is 220 g/mol. The second kappa shape index (κ2) is 5.11. The van der Waals surface area contributed by atoms with Crippen LogP contribution in [0.5, 0.6) is 0 Å². The summed E-state index contributed by atoms with van der Waals surface area (Å²) in [6.45, 7) is 2.43. The zero-order valence-corrected chi connectivity index (χ0v) is 9.30. The minimum absolute atomic E-state index is 0.241. The van der Waals surface area contributed by atoms with Gasteiger partial charge in [0.1, 0.15) is 0 Å². The van der Waals surface area contributed by atoms with Crippen molar-refractivity contribution in [3.63, 3.8) is 0 Å². The average Bonchev–Trinajstić information content (AvgIpc) is 2.83. The van der Waals surface area contributed by atoms with Crippen molar-refractivity contribution in [3.05, 3.63) is 30.7 Å². The van der Waals surface area contributed by atoms with E-state index in [0.717, 1.165) is 5.56 Å². The van der Waals surface area contributed by atoms with Crippen LogP contribution in [0.25, 0.3) is 11.5 Å². The van der Waals surface area contributed by atoms with Gasteiger partial charge in [-0.3, -0.25) is 0 Å². The van der Waals surface area contributed by atoms with E-state index >= 15 is 0 Å². The summed E-state index contributed by atoms with van der Waals surface area (Å²) in [6, 6.07) is 6.95. The molecule has 2 amide bonds. The van der Waals surface area contributed by atoms with E-state index in [2.05, 4.69) is 20.8 Å². The van der Waals surface area contributed by atoms with E-state index < -0.39 is 0 Å². The first-order valence-corrected chi connectivity index (χ1v) is 5.21. The number of anilines is 1. The van der Waals surface area contributed by atoms with Crippen molar-refractivity contribution in [2.45, 2.75) is 6.92 Å². The Balaban J connectivity index is 2.15. The number of aromatic nitrogens is 2. The fraction of sp³-hybridized carbons (Fsp3) is 0.182. The third kappa shape index (κ3) is 2.81. The first kappa shape index (κ1) is 11.1. The van der Waals surface area contributed by atoms with Crippen LogP contribution in [-0.4, -0.2) is 22.8 Å². The van der Waals surface area contributed by atoms with Gasteiger partial charge in [-0.25, -0.2) is 4.79 Å². The second-order valence-corrected chi connectivity index (χ2v) is 3.31. The number of urea groups is 1. The Morgan fingerprint density at radius 3 is 3.06 bits per heavy atom. The van der Waals surface area contributed by atoms with E-state index in [0.29, 0.717) is 18.1 Å². The fourth-order valence-electron chi connectivity index (χ4n) is 1.36. The first-order valence-electron chi connectivity index (χ1n) is 5.21. The number of benzene rings is 1. The summed E-state index contributed by atoms with van der Waals surface area (Å²) in [5.74, 6) is 0.421. The highest BCUT2D eigenvalue weighted by atomic mass is 16.4. The molecule has 6 nitrogen and oxygen atoms in total. The molecule has 0 unspecified atom stereocenters. The molecule has 6 heteroatoms. The van der Waals surface area contributed by atoms with E-state index in [-0.39, 0.29) is 6.03 Å². The van der Waals surface area contributed by atoms with Crippen molar-refractivity contribution in [1.82, 2.24) is 15.5 Å². The molecule has 0 atom stereocenters. The normalized spacial score (nSPS) is 9.94. The summed E-state index contributed by atoms with van der Waals surface area (Å²) in [6.07, 6.45) is 1.26. The molecule has 0 aliphatic rings. The van der Waals surface area contributed by atoms with Crippen molar-refractivity contribution in [3.8, 4) is 11.5 Å². The highest BCUT2D eigenvalue weighted by Crippen LogP contribution is 2.19. The van der Waals surface area contributed by atoms with E-state index in [1.807, 2.05) is 13.0 Å². The van der Waals surface area contributed by atoms with Gasteiger partial charge < -0.3 is 15.1 Å². The van der Waals surface area contributed by atoms with Gasteiger partial charge in [0.2, 0.25) is 12.3 Å². The summed E-state index contributed by atoms with van der Waals surface area (Å²) in [5, 5.41) is 12.8. The minimum atomic E-state index is -0.241. The molecule has 2 rings (SSSR count). The number of amides is 2. The molecule has 1 aromatic carbocycles. The molecule has 1 aromatic heterocycles. The van der Waals surface area contributed by atoms with Crippen LogP contribution in [0.2, 0.25) is 0 Å². The van der Waals surface area contributed by atoms with E-state index in [9.17, 15) is 4.79 Å². The van der Waals surface area contributed by atoms with Crippen molar-refractivity contribution >= 4 is 11.7 Å². The van der Waals surface area contributed by atoms with E-state index in [1.54, 1.807) is 18.2 Å². The quantitative estimate of drug-likeness (QED) is 0.846. The molecule has 0 saturated heterocycles. The van der Waals surface area contributed by atoms with Gasteiger partial charge in [-0.2, -0.15) is 0 Å². The largest absolute Gasteiger partial charge is 0.423 e. The monoisotopic (exact) mass is 232 g/mol. The number of carbonyl (C=O) groups excluding carboxylic acids is 1. The first-order chi connectivity index (χ1) is 8.29. The van der Waals surface area contributed by atoms with E-state index in [1.165, 1.54) is 6.39 Å². The third-order valence-electron chi connectivity index (χ3n) is 2.06. The predicted molar refractivity (Wildman–Crippen MR) is 62.4 cm³/mol. The maximum atomic E-state index is 11.3. The van der Waals surface area contributed by atoms with Crippen molar-refractivity contribution < 1.29 is 9.21 Å². The third-order valence-corrected chi connectivity index (χ3v) is 2.06. The zero-order valence-electron chi connectivity index (χ0n) is 9.30. The minimum Gasteiger partial charge on any atom is -0.423 e. The molecule has 2 N–H and O–H groups in total. The molecule has 0 bridgehead atoms. The Bertz CT molecular complexity index is 496. The zero-order chi connectivity index (χ0) is 12.1. The highest BCUT2D eigenvalue weighted by molar-refractivity contribution is 5.89. The van der Waals surface area contributed by atoms with Crippen LogP contribution in [-0.2, 0) is 0 Å². The molecule has 2 aromatic rings. The van der Waals surface area contributed by atoms with Gasteiger partial charge in [0.15, 0.2) is 0 Å². The van der Waals surface area contributed by atoms with Crippen LogP contribution in [0.3, 0.4) is 0 Å².